The first-order valence-corrected chi connectivity index (χ1v) is 9.89. The molecule has 0 bridgehead atoms. The molecule has 5 nitrogen and oxygen atoms in total. The quantitative estimate of drug-likeness (QED) is 0.642. The molecule has 1 aromatic heterocycles. The Balaban J connectivity index is 1.51. The van der Waals surface area contributed by atoms with Crippen molar-refractivity contribution in [2.45, 2.75) is 6.42 Å². The van der Waals surface area contributed by atoms with Crippen molar-refractivity contribution in [1.29, 1.82) is 0 Å². The highest BCUT2D eigenvalue weighted by Crippen LogP contribution is 2.29. The first-order chi connectivity index (χ1) is 13.5. The second kappa shape index (κ2) is 7.58. The van der Waals surface area contributed by atoms with Gasteiger partial charge in [-0.2, -0.15) is 0 Å². The third kappa shape index (κ3) is 3.44. The fourth-order valence-corrected chi connectivity index (χ4v) is 3.90. The maximum absolute atomic E-state index is 12.8. The summed E-state index contributed by atoms with van der Waals surface area (Å²) in [6.45, 7) is 0.500. The minimum atomic E-state index is -0.449. The van der Waals surface area contributed by atoms with Crippen LogP contribution in [0.2, 0.25) is 5.02 Å². The number of rotatable bonds is 5. The van der Waals surface area contributed by atoms with Gasteiger partial charge in [-0.3, -0.25) is 14.4 Å². The molecule has 0 saturated heterocycles. The zero-order chi connectivity index (χ0) is 19.7. The summed E-state index contributed by atoms with van der Waals surface area (Å²) in [5.41, 5.74) is 1.31. The Morgan fingerprint density at radius 3 is 2.46 bits per heavy atom. The van der Waals surface area contributed by atoms with E-state index < -0.39 is 11.8 Å². The number of carbonyl (C=O) groups excluding carboxylic acids is 3. The predicted molar refractivity (Wildman–Crippen MR) is 109 cm³/mol. The van der Waals surface area contributed by atoms with E-state index in [4.69, 9.17) is 11.6 Å². The van der Waals surface area contributed by atoms with Crippen LogP contribution in [0.5, 0.6) is 0 Å². The Kier molecular flexibility index (Phi) is 4.98. The molecular weight excluding hydrogens is 396 g/mol. The maximum atomic E-state index is 12.8. The highest BCUT2D eigenvalue weighted by molar-refractivity contribution is 7.09. The van der Waals surface area contributed by atoms with Gasteiger partial charge in [0.25, 0.3) is 17.7 Å². The highest BCUT2D eigenvalue weighted by Gasteiger charge is 2.37. The second-order valence-electron chi connectivity index (χ2n) is 6.27. The van der Waals surface area contributed by atoms with E-state index in [0.717, 1.165) is 11.3 Å². The molecule has 1 aliphatic rings. The summed E-state index contributed by atoms with van der Waals surface area (Å²) in [6.07, 6.45) is 0.746. The van der Waals surface area contributed by atoms with Crippen molar-refractivity contribution in [3.63, 3.8) is 0 Å². The van der Waals surface area contributed by atoms with Crippen LogP contribution in [0.1, 0.15) is 36.0 Å². The molecule has 0 radical (unpaired) electrons. The summed E-state index contributed by atoms with van der Waals surface area (Å²) in [5.74, 6) is -1.13. The number of thiophene rings is 1. The number of carbonyl (C=O) groups is 3. The number of fused-ring (bicyclic) bond motifs is 1. The molecule has 1 N–H and O–H groups in total. The molecule has 4 rings (SSSR count). The Labute approximate surface area is 170 Å². The monoisotopic (exact) mass is 410 g/mol. The minimum absolute atomic E-state index is 0.228. The first kappa shape index (κ1) is 18.4. The largest absolute Gasteiger partial charge is 0.352 e. The van der Waals surface area contributed by atoms with Gasteiger partial charge in [0.2, 0.25) is 0 Å². The summed E-state index contributed by atoms with van der Waals surface area (Å²) in [4.78, 5) is 40.1. The molecule has 28 heavy (non-hydrogen) atoms. The third-order valence-electron chi connectivity index (χ3n) is 4.47. The van der Waals surface area contributed by atoms with Crippen molar-refractivity contribution in [2.24, 2.45) is 0 Å². The lowest BCUT2D eigenvalue weighted by Gasteiger charge is -2.13. The van der Waals surface area contributed by atoms with Crippen LogP contribution in [-0.2, 0) is 6.42 Å². The summed E-state index contributed by atoms with van der Waals surface area (Å²) in [5, 5.41) is 5.36. The Morgan fingerprint density at radius 2 is 1.75 bits per heavy atom. The number of anilines is 1. The number of halogens is 1. The van der Waals surface area contributed by atoms with E-state index in [2.05, 4.69) is 5.32 Å². The number of nitrogens with zero attached hydrogens (tertiary/aromatic N) is 1. The smallest absolute Gasteiger partial charge is 0.266 e. The second-order valence-corrected chi connectivity index (χ2v) is 7.74. The van der Waals surface area contributed by atoms with Crippen molar-refractivity contribution in [3.8, 4) is 0 Å². The molecule has 7 heteroatoms. The molecule has 3 aromatic rings. The van der Waals surface area contributed by atoms with Crippen LogP contribution < -0.4 is 10.2 Å². The Hall–Kier alpha value is -2.96. The molecule has 1 aliphatic heterocycles. The van der Waals surface area contributed by atoms with Crippen LogP contribution >= 0.6 is 22.9 Å². The fourth-order valence-electron chi connectivity index (χ4n) is 3.06. The Bertz CT molecular complexity index is 1060. The van der Waals surface area contributed by atoms with Crippen molar-refractivity contribution in [3.05, 3.63) is 86.6 Å². The zero-order valence-corrected chi connectivity index (χ0v) is 16.2. The standard InChI is InChI=1S/C21H15ClN2O3S/c22-14-4-6-15(7-5-14)24-20(26)17-8-3-13(12-18(17)21(24)27)19(25)23-10-9-16-2-1-11-28-16/h1-8,11-12H,9-10H2,(H,23,25). The van der Waals surface area contributed by atoms with E-state index in [1.54, 1.807) is 41.7 Å². The predicted octanol–water partition coefficient (Wildman–Crippen LogP) is 4.17. The van der Waals surface area contributed by atoms with E-state index in [9.17, 15) is 14.4 Å². The summed E-state index contributed by atoms with van der Waals surface area (Å²) < 4.78 is 0. The topological polar surface area (TPSA) is 66.5 Å². The van der Waals surface area contributed by atoms with Crippen LogP contribution in [0.4, 0.5) is 5.69 Å². The molecule has 2 heterocycles. The minimum Gasteiger partial charge on any atom is -0.352 e. The van der Waals surface area contributed by atoms with Crippen LogP contribution in [0, 0.1) is 0 Å². The van der Waals surface area contributed by atoms with Gasteiger partial charge < -0.3 is 5.32 Å². The summed E-state index contributed by atoms with van der Waals surface area (Å²) in [6, 6.07) is 15.0. The lowest BCUT2D eigenvalue weighted by atomic mass is 10.1. The van der Waals surface area contributed by atoms with Gasteiger partial charge in [0.05, 0.1) is 16.8 Å². The first-order valence-electron chi connectivity index (χ1n) is 8.63. The van der Waals surface area contributed by atoms with Gasteiger partial charge >= 0.3 is 0 Å². The number of hydrogen-bond acceptors (Lipinski definition) is 4. The average Bonchev–Trinajstić information content (AvgIpc) is 3.30. The van der Waals surface area contributed by atoms with Crippen LogP contribution in [0.3, 0.4) is 0 Å². The van der Waals surface area contributed by atoms with E-state index in [0.29, 0.717) is 22.8 Å². The van der Waals surface area contributed by atoms with Gasteiger partial charge in [-0.05, 0) is 60.3 Å². The highest BCUT2D eigenvalue weighted by atomic mass is 35.5. The van der Waals surface area contributed by atoms with Crippen molar-refractivity contribution in [2.75, 3.05) is 11.4 Å². The van der Waals surface area contributed by atoms with Gasteiger partial charge in [0.15, 0.2) is 0 Å². The van der Waals surface area contributed by atoms with E-state index in [1.165, 1.54) is 17.0 Å². The van der Waals surface area contributed by atoms with Gasteiger partial charge in [0.1, 0.15) is 0 Å². The Morgan fingerprint density at radius 1 is 1.00 bits per heavy atom. The fraction of sp³-hybridized carbons (Fsp3) is 0.0952. The number of amides is 3. The lowest BCUT2D eigenvalue weighted by molar-refractivity contribution is 0.0923. The average molecular weight is 411 g/mol. The van der Waals surface area contributed by atoms with Gasteiger partial charge in [-0.25, -0.2) is 4.90 Å². The van der Waals surface area contributed by atoms with Crippen molar-refractivity contribution < 1.29 is 14.4 Å². The van der Waals surface area contributed by atoms with E-state index >= 15 is 0 Å². The van der Waals surface area contributed by atoms with Crippen LogP contribution in [-0.4, -0.2) is 24.3 Å². The molecule has 140 valence electrons. The van der Waals surface area contributed by atoms with Crippen molar-refractivity contribution in [1.82, 2.24) is 5.32 Å². The van der Waals surface area contributed by atoms with E-state index in [-0.39, 0.29) is 17.0 Å². The van der Waals surface area contributed by atoms with Crippen LogP contribution in [0.25, 0.3) is 0 Å². The zero-order valence-electron chi connectivity index (χ0n) is 14.6. The molecule has 0 aliphatic carbocycles. The number of nitrogens with one attached hydrogen (secondary N) is 1. The maximum Gasteiger partial charge on any atom is 0.266 e. The van der Waals surface area contributed by atoms with Crippen molar-refractivity contribution >= 4 is 46.3 Å². The summed E-state index contributed by atoms with van der Waals surface area (Å²) in [7, 11) is 0. The molecule has 0 saturated carbocycles. The molecule has 2 aromatic carbocycles. The number of imide groups is 1. The van der Waals surface area contributed by atoms with Gasteiger partial charge in [-0.15, -0.1) is 11.3 Å². The number of benzene rings is 2. The van der Waals surface area contributed by atoms with Gasteiger partial charge in [0, 0.05) is 22.0 Å². The molecule has 0 atom stereocenters. The normalized spacial score (nSPS) is 13.0. The molecule has 3 amide bonds. The molecular formula is C21H15ClN2O3S. The summed E-state index contributed by atoms with van der Waals surface area (Å²) >= 11 is 7.52. The SMILES string of the molecule is O=C(NCCc1cccs1)c1ccc2c(c1)C(=O)N(c1ccc(Cl)cc1)C2=O. The van der Waals surface area contributed by atoms with Crippen LogP contribution in [0.15, 0.2) is 60.0 Å². The molecule has 0 fully saturated rings. The van der Waals surface area contributed by atoms with Gasteiger partial charge in [-0.1, -0.05) is 17.7 Å². The third-order valence-corrected chi connectivity index (χ3v) is 5.66. The van der Waals surface area contributed by atoms with E-state index in [1.807, 2.05) is 17.5 Å². The molecule has 0 spiro atoms. The lowest BCUT2D eigenvalue weighted by Crippen LogP contribution is -2.29. The molecule has 0 unspecified atom stereocenters. The number of hydrogen-bond donors (Lipinski definition) is 1.